The molecule has 0 aliphatic heterocycles. The van der Waals surface area contributed by atoms with Gasteiger partial charge in [0.15, 0.2) is 0 Å². The van der Waals surface area contributed by atoms with Crippen molar-refractivity contribution in [2.45, 2.75) is 45.1 Å². The number of nitro groups is 1. The van der Waals surface area contributed by atoms with Crippen LogP contribution in [0.5, 0.6) is 0 Å². The molecule has 1 aliphatic carbocycles. The molecule has 2 rings (SSSR count). The van der Waals surface area contributed by atoms with Gasteiger partial charge in [0, 0.05) is 19.7 Å². The van der Waals surface area contributed by atoms with Crippen molar-refractivity contribution in [1.82, 2.24) is 0 Å². The highest BCUT2D eigenvalue weighted by atomic mass is 16.6. The fourth-order valence-corrected chi connectivity index (χ4v) is 3.12. The van der Waals surface area contributed by atoms with Crippen LogP contribution in [0, 0.1) is 16.0 Å². The van der Waals surface area contributed by atoms with E-state index in [2.05, 4.69) is 0 Å². The summed E-state index contributed by atoms with van der Waals surface area (Å²) in [5, 5.41) is 20.9. The predicted octanol–water partition coefficient (Wildman–Crippen LogP) is 3.66. The molecule has 0 saturated heterocycles. The molecule has 1 fully saturated rings. The van der Waals surface area contributed by atoms with Crippen molar-refractivity contribution < 1.29 is 10.0 Å². The highest BCUT2D eigenvalue weighted by Crippen LogP contribution is 2.32. The van der Waals surface area contributed by atoms with Crippen molar-refractivity contribution in [3.05, 3.63) is 33.9 Å². The molecule has 116 valence electrons. The van der Waals surface area contributed by atoms with Crippen LogP contribution in [0.15, 0.2) is 18.2 Å². The van der Waals surface area contributed by atoms with E-state index in [1.807, 2.05) is 11.9 Å². The van der Waals surface area contributed by atoms with Crippen LogP contribution in [0.3, 0.4) is 0 Å². The summed E-state index contributed by atoms with van der Waals surface area (Å²) >= 11 is 0. The van der Waals surface area contributed by atoms with Crippen molar-refractivity contribution in [3.8, 4) is 0 Å². The Kier molecular flexibility index (Phi) is 5.17. The molecule has 1 atom stereocenters. The van der Waals surface area contributed by atoms with Gasteiger partial charge in [-0.2, -0.15) is 0 Å². The molecule has 1 aromatic rings. The fraction of sp³-hybridized carbons (Fsp3) is 0.625. The van der Waals surface area contributed by atoms with Gasteiger partial charge < -0.3 is 10.0 Å². The lowest BCUT2D eigenvalue weighted by atomic mass is 9.89. The van der Waals surface area contributed by atoms with Crippen LogP contribution in [-0.4, -0.2) is 23.6 Å². The average Bonchev–Trinajstić information content (AvgIpc) is 2.47. The van der Waals surface area contributed by atoms with Gasteiger partial charge in [0.2, 0.25) is 0 Å². The quantitative estimate of drug-likeness (QED) is 0.664. The Morgan fingerprint density at radius 2 is 2.05 bits per heavy atom. The van der Waals surface area contributed by atoms with E-state index in [0.29, 0.717) is 17.2 Å². The molecular weight excluding hydrogens is 268 g/mol. The summed E-state index contributed by atoms with van der Waals surface area (Å²) in [6.45, 7) is 2.47. The van der Waals surface area contributed by atoms with Crippen molar-refractivity contribution in [2.75, 3.05) is 18.5 Å². The van der Waals surface area contributed by atoms with Crippen LogP contribution in [0.1, 0.15) is 50.7 Å². The Labute approximate surface area is 125 Å². The van der Waals surface area contributed by atoms with Crippen LogP contribution in [-0.2, 0) is 0 Å². The van der Waals surface area contributed by atoms with Crippen LogP contribution < -0.4 is 4.90 Å². The molecule has 0 heterocycles. The van der Waals surface area contributed by atoms with Gasteiger partial charge >= 0.3 is 0 Å². The highest BCUT2D eigenvalue weighted by Gasteiger charge is 2.22. The van der Waals surface area contributed by atoms with Gasteiger partial charge in [-0.1, -0.05) is 25.3 Å². The lowest BCUT2D eigenvalue weighted by molar-refractivity contribution is -0.384. The molecule has 0 amide bonds. The van der Waals surface area contributed by atoms with E-state index in [4.69, 9.17) is 0 Å². The van der Waals surface area contributed by atoms with Crippen molar-refractivity contribution in [3.63, 3.8) is 0 Å². The minimum atomic E-state index is -0.693. The SMILES string of the molecule is C[C@@H](O)c1ccc(N(C)CC2CCCCC2)c([N+](=O)[O-])c1. The number of benzene rings is 1. The highest BCUT2D eigenvalue weighted by molar-refractivity contribution is 5.64. The van der Waals surface area contributed by atoms with Gasteiger partial charge in [-0.25, -0.2) is 0 Å². The summed E-state index contributed by atoms with van der Waals surface area (Å²) in [6.07, 6.45) is 5.57. The number of nitrogens with zero attached hydrogens (tertiary/aromatic N) is 2. The zero-order valence-corrected chi connectivity index (χ0v) is 12.8. The monoisotopic (exact) mass is 292 g/mol. The number of anilines is 1. The lowest BCUT2D eigenvalue weighted by Crippen LogP contribution is -2.27. The van der Waals surface area contributed by atoms with E-state index in [0.717, 1.165) is 6.54 Å². The van der Waals surface area contributed by atoms with Gasteiger partial charge in [0.25, 0.3) is 5.69 Å². The van der Waals surface area contributed by atoms with Gasteiger partial charge in [-0.15, -0.1) is 0 Å². The third kappa shape index (κ3) is 3.94. The molecule has 0 bridgehead atoms. The second-order valence-corrected chi connectivity index (χ2v) is 6.07. The number of hydrogen-bond acceptors (Lipinski definition) is 4. The molecule has 21 heavy (non-hydrogen) atoms. The molecule has 0 radical (unpaired) electrons. The molecule has 5 nitrogen and oxygen atoms in total. The van der Waals surface area contributed by atoms with E-state index in [9.17, 15) is 15.2 Å². The Morgan fingerprint density at radius 1 is 1.38 bits per heavy atom. The molecule has 0 unspecified atom stereocenters. The van der Waals surface area contributed by atoms with E-state index < -0.39 is 6.10 Å². The molecule has 5 heteroatoms. The van der Waals surface area contributed by atoms with Crippen molar-refractivity contribution in [1.29, 1.82) is 0 Å². The number of nitro benzene ring substituents is 1. The Bertz CT molecular complexity index is 496. The zero-order chi connectivity index (χ0) is 15.4. The van der Waals surface area contributed by atoms with E-state index >= 15 is 0 Å². The summed E-state index contributed by atoms with van der Waals surface area (Å²) in [7, 11) is 1.92. The van der Waals surface area contributed by atoms with Crippen LogP contribution >= 0.6 is 0 Å². The van der Waals surface area contributed by atoms with Crippen molar-refractivity contribution in [2.24, 2.45) is 5.92 Å². The normalized spacial score (nSPS) is 17.5. The topological polar surface area (TPSA) is 66.6 Å². The molecular formula is C16H24N2O3. The largest absolute Gasteiger partial charge is 0.389 e. The van der Waals surface area contributed by atoms with Gasteiger partial charge in [-0.05, 0) is 37.3 Å². The summed E-state index contributed by atoms with van der Waals surface area (Å²) in [4.78, 5) is 12.9. The third-order valence-corrected chi connectivity index (χ3v) is 4.35. The Hall–Kier alpha value is -1.62. The van der Waals surface area contributed by atoms with E-state index in [1.165, 1.54) is 38.2 Å². The minimum absolute atomic E-state index is 0.0757. The summed E-state index contributed by atoms with van der Waals surface area (Å²) < 4.78 is 0. The minimum Gasteiger partial charge on any atom is -0.389 e. The predicted molar refractivity (Wildman–Crippen MR) is 83.6 cm³/mol. The summed E-state index contributed by atoms with van der Waals surface area (Å²) in [6, 6.07) is 5.00. The van der Waals surface area contributed by atoms with Crippen LogP contribution in [0.4, 0.5) is 11.4 Å². The molecule has 1 saturated carbocycles. The summed E-state index contributed by atoms with van der Waals surface area (Å²) in [5.41, 5.74) is 1.29. The maximum atomic E-state index is 11.3. The van der Waals surface area contributed by atoms with Gasteiger partial charge in [0.05, 0.1) is 11.0 Å². The van der Waals surface area contributed by atoms with Crippen LogP contribution in [0.2, 0.25) is 0 Å². The second kappa shape index (κ2) is 6.89. The first-order valence-electron chi connectivity index (χ1n) is 7.66. The molecule has 1 aromatic carbocycles. The number of hydrogen-bond donors (Lipinski definition) is 1. The Morgan fingerprint density at radius 3 is 2.62 bits per heavy atom. The molecule has 1 aliphatic rings. The maximum absolute atomic E-state index is 11.3. The zero-order valence-electron chi connectivity index (χ0n) is 12.8. The van der Waals surface area contributed by atoms with Gasteiger partial charge in [0.1, 0.15) is 5.69 Å². The first-order chi connectivity index (χ1) is 9.99. The number of aliphatic hydroxyl groups is 1. The molecule has 0 aromatic heterocycles. The first kappa shape index (κ1) is 15.8. The number of rotatable bonds is 5. The second-order valence-electron chi connectivity index (χ2n) is 6.07. The van der Waals surface area contributed by atoms with Crippen LogP contribution in [0.25, 0.3) is 0 Å². The average molecular weight is 292 g/mol. The molecule has 0 spiro atoms. The Balaban J connectivity index is 2.18. The van der Waals surface area contributed by atoms with E-state index in [1.54, 1.807) is 19.1 Å². The van der Waals surface area contributed by atoms with Gasteiger partial charge in [-0.3, -0.25) is 10.1 Å². The first-order valence-corrected chi connectivity index (χ1v) is 7.66. The standard InChI is InChI=1S/C16H24N2O3/c1-12(19)14-8-9-15(16(10-14)18(20)21)17(2)11-13-6-4-3-5-7-13/h8-10,12-13,19H,3-7,11H2,1-2H3/t12-/m1/s1. The van der Waals surface area contributed by atoms with E-state index in [-0.39, 0.29) is 10.6 Å². The van der Waals surface area contributed by atoms with Crippen molar-refractivity contribution >= 4 is 11.4 Å². The maximum Gasteiger partial charge on any atom is 0.292 e. The summed E-state index contributed by atoms with van der Waals surface area (Å²) in [5.74, 6) is 0.625. The fourth-order valence-electron chi connectivity index (χ4n) is 3.12. The third-order valence-electron chi connectivity index (χ3n) is 4.35. The molecule has 1 N–H and O–H groups in total. The number of aliphatic hydroxyl groups excluding tert-OH is 1. The smallest absolute Gasteiger partial charge is 0.292 e. The lowest BCUT2D eigenvalue weighted by Gasteiger charge is -2.28.